The molecule has 0 spiro atoms. The second-order valence-electron chi connectivity index (χ2n) is 5.13. The van der Waals surface area contributed by atoms with Crippen LogP contribution in [0.4, 0.5) is 0 Å². The molecule has 0 aromatic heterocycles. The molecule has 1 aliphatic heterocycles. The van der Waals surface area contributed by atoms with Crippen molar-refractivity contribution in [3.63, 3.8) is 0 Å². The van der Waals surface area contributed by atoms with E-state index in [9.17, 15) is 9.90 Å². The molecule has 0 atom stereocenters. The van der Waals surface area contributed by atoms with Crippen molar-refractivity contribution in [2.45, 2.75) is 25.9 Å². The number of hydrogen-bond acceptors (Lipinski definition) is 4. The maximum Gasteiger partial charge on any atom is 0.236 e. The predicted molar refractivity (Wildman–Crippen MR) is 64.1 cm³/mol. The van der Waals surface area contributed by atoms with Crippen LogP contribution in [0.3, 0.4) is 0 Å². The van der Waals surface area contributed by atoms with Gasteiger partial charge in [0, 0.05) is 26.7 Å². The molecule has 0 unspecified atom stereocenters. The summed E-state index contributed by atoms with van der Waals surface area (Å²) in [5.74, 6) is 0.219. The number of nitrogens with zero attached hydrogens (tertiary/aromatic N) is 3. The third-order valence-corrected chi connectivity index (χ3v) is 3.41. The minimum atomic E-state index is -0.633. The minimum absolute atomic E-state index is 0.00561. The number of amides is 1. The van der Waals surface area contributed by atoms with Crippen LogP contribution < -0.4 is 0 Å². The van der Waals surface area contributed by atoms with E-state index in [0.29, 0.717) is 32.6 Å². The van der Waals surface area contributed by atoms with Gasteiger partial charge in [-0.3, -0.25) is 9.69 Å². The molecule has 1 amide bonds. The summed E-state index contributed by atoms with van der Waals surface area (Å²) in [5, 5.41) is 18.5. The van der Waals surface area contributed by atoms with Crippen LogP contribution in [0.5, 0.6) is 0 Å². The molecule has 0 bridgehead atoms. The molecule has 5 heteroatoms. The summed E-state index contributed by atoms with van der Waals surface area (Å²) in [6.45, 7) is 5.88. The molecule has 0 radical (unpaired) electrons. The number of carbonyl (C=O) groups excluding carboxylic acids is 1. The molecule has 1 fully saturated rings. The lowest BCUT2D eigenvalue weighted by Crippen LogP contribution is -2.65. The Bertz CT molecular complexity index is 316. The van der Waals surface area contributed by atoms with Gasteiger partial charge in [-0.25, -0.2) is 0 Å². The molecule has 1 heterocycles. The average Bonchev–Trinajstić information content (AvgIpc) is 2.22. The van der Waals surface area contributed by atoms with Gasteiger partial charge in [0.15, 0.2) is 0 Å². The highest BCUT2D eigenvalue weighted by atomic mass is 16.3. The number of hydrogen-bond donors (Lipinski definition) is 1. The summed E-state index contributed by atoms with van der Waals surface area (Å²) in [4.78, 5) is 15.2. The van der Waals surface area contributed by atoms with Gasteiger partial charge in [0.1, 0.15) is 0 Å². The molecular weight excluding hydrogens is 218 g/mol. The normalized spacial score (nSPS) is 18.6. The summed E-state index contributed by atoms with van der Waals surface area (Å²) >= 11 is 0. The van der Waals surface area contributed by atoms with Gasteiger partial charge >= 0.3 is 0 Å². The monoisotopic (exact) mass is 239 g/mol. The predicted octanol–water partition coefficient (Wildman–Crippen LogP) is 0.0612. The van der Waals surface area contributed by atoms with Crippen LogP contribution in [-0.4, -0.2) is 59.6 Å². The van der Waals surface area contributed by atoms with E-state index in [1.807, 2.05) is 24.8 Å². The Morgan fingerprint density at radius 2 is 2.18 bits per heavy atom. The SMILES string of the molecule is CC(C)C1(O)CN(CC(=O)N(C)CCC#N)C1. The molecule has 1 aliphatic rings. The zero-order valence-electron chi connectivity index (χ0n) is 10.8. The fraction of sp³-hybridized carbons (Fsp3) is 0.833. The van der Waals surface area contributed by atoms with Crippen molar-refractivity contribution < 1.29 is 9.90 Å². The zero-order chi connectivity index (χ0) is 13.1. The van der Waals surface area contributed by atoms with Crippen molar-refractivity contribution in [1.82, 2.24) is 9.80 Å². The molecule has 96 valence electrons. The molecule has 0 aromatic carbocycles. The maximum atomic E-state index is 11.7. The van der Waals surface area contributed by atoms with Gasteiger partial charge in [-0.2, -0.15) is 5.26 Å². The third kappa shape index (κ3) is 3.42. The van der Waals surface area contributed by atoms with E-state index in [4.69, 9.17) is 5.26 Å². The lowest BCUT2D eigenvalue weighted by atomic mass is 9.83. The fourth-order valence-corrected chi connectivity index (χ4v) is 1.86. The molecule has 1 rings (SSSR count). The van der Waals surface area contributed by atoms with Crippen LogP contribution in [0.1, 0.15) is 20.3 Å². The molecule has 0 aliphatic carbocycles. The van der Waals surface area contributed by atoms with Crippen LogP contribution in [0, 0.1) is 17.2 Å². The summed E-state index contributed by atoms with van der Waals surface area (Å²) in [7, 11) is 1.70. The molecule has 1 saturated heterocycles. The van der Waals surface area contributed by atoms with Gasteiger partial charge in [0.2, 0.25) is 5.91 Å². The highest BCUT2D eigenvalue weighted by molar-refractivity contribution is 5.78. The number of rotatable bonds is 5. The van der Waals surface area contributed by atoms with Crippen LogP contribution in [0.25, 0.3) is 0 Å². The van der Waals surface area contributed by atoms with E-state index < -0.39 is 5.60 Å². The fourth-order valence-electron chi connectivity index (χ4n) is 1.86. The lowest BCUT2D eigenvalue weighted by molar-refractivity contribution is -0.148. The lowest BCUT2D eigenvalue weighted by Gasteiger charge is -2.49. The second kappa shape index (κ2) is 5.48. The van der Waals surface area contributed by atoms with Gasteiger partial charge in [0.25, 0.3) is 0 Å². The third-order valence-electron chi connectivity index (χ3n) is 3.41. The van der Waals surface area contributed by atoms with Crippen molar-refractivity contribution in [2.24, 2.45) is 5.92 Å². The topological polar surface area (TPSA) is 67.6 Å². The molecule has 17 heavy (non-hydrogen) atoms. The van der Waals surface area contributed by atoms with Gasteiger partial charge in [-0.1, -0.05) is 13.8 Å². The summed E-state index contributed by atoms with van der Waals surface area (Å²) in [6.07, 6.45) is 0.359. The van der Waals surface area contributed by atoms with Crippen LogP contribution in [-0.2, 0) is 4.79 Å². The molecular formula is C12H21N3O2. The van der Waals surface area contributed by atoms with Crippen molar-refractivity contribution in [2.75, 3.05) is 33.2 Å². The Balaban J connectivity index is 2.29. The Labute approximate surface area is 103 Å². The Morgan fingerprint density at radius 3 is 2.65 bits per heavy atom. The van der Waals surface area contributed by atoms with Gasteiger partial charge in [0.05, 0.1) is 24.6 Å². The van der Waals surface area contributed by atoms with Gasteiger partial charge in [-0.05, 0) is 5.92 Å². The summed E-state index contributed by atoms with van der Waals surface area (Å²) in [6, 6.07) is 2.02. The van der Waals surface area contributed by atoms with Crippen molar-refractivity contribution in [3.8, 4) is 6.07 Å². The highest BCUT2D eigenvalue weighted by Gasteiger charge is 2.44. The number of likely N-dealkylation sites (tertiary alicyclic amines) is 1. The number of nitriles is 1. The van der Waals surface area contributed by atoms with Gasteiger partial charge in [-0.15, -0.1) is 0 Å². The standard InChI is InChI=1S/C12H21N3O2/c1-10(2)12(17)8-15(9-12)7-11(16)14(3)6-4-5-13/h10,17H,4,6-9H2,1-3H3. The van der Waals surface area contributed by atoms with Crippen LogP contribution in [0.15, 0.2) is 0 Å². The van der Waals surface area contributed by atoms with E-state index in [-0.39, 0.29) is 11.8 Å². The first-order chi connectivity index (χ1) is 7.89. The minimum Gasteiger partial charge on any atom is -0.387 e. The number of likely N-dealkylation sites (N-methyl/N-ethyl adjacent to an activating group) is 1. The number of carbonyl (C=O) groups is 1. The molecule has 0 saturated carbocycles. The van der Waals surface area contributed by atoms with E-state index in [0.717, 1.165) is 0 Å². The van der Waals surface area contributed by atoms with Crippen LogP contribution >= 0.6 is 0 Å². The Kier molecular flexibility index (Phi) is 4.49. The van der Waals surface area contributed by atoms with Gasteiger partial charge < -0.3 is 10.0 Å². The molecule has 1 N–H and O–H groups in total. The first kappa shape index (κ1) is 13.9. The molecule has 5 nitrogen and oxygen atoms in total. The van der Waals surface area contributed by atoms with E-state index >= 15 is 0 Å². The quantitative estimate of drug-likeness (QED) is 0.736. The summed E-state index contributed by atoms with van der Waals surface area (Å²) in [5.41, 5.74) is -0.633. The maximum absolute atomic E-state index is 11.7. The Morgan fingerprint density at radius 1 is 1.59 bits per heavy atom. The zero-order valence-corrected chi connectivity index (χ0v) is 10.8. The summed E-state index contributed by atoms with van der Waals surface area (Å²) < 4.78 is 0. The number of β-amino-alcohol motifs (C(OH)–C–C–N with tert-alkyl or cyclic N) is 1. The smallest absolute Gasteiger partial charge is 0.236 e. The first-order valence-corrected chi connectivity index (χ1v) is 5.94. The van der Waals surface area contributed by atoms with Crippen LogP contribution in [0.2, 0.25) is 0 Å². The largest absolute Gasteiger partial charge is 0.387 e. The molecule has 0 aromatic rings. The van der Waals surface area contributed by atoms with E-state index in [2.05, 4.69) is 0 Å². The van der Waals surface area contributed by atoms with Crippen molar-refractivity contribution in [3.05, 3.63) is 0 Å². The second-order valence-corrected chi connectivity index (χ2v) is 5.13. The first-order valence-electron chi connectivity index (χ1n) is 5.94. The van der Waals surface area contributed by atoms with E-state index in [1.54, 1.807) is 11.9 Å². The highest BCUT2D eigenvalue weighted by Crippen LogP contribution is 2.28. The Hall–Kier alpha value is -1.12. The van der Waals surface area contributed by atoms with Crippen molar-refractivity contribution >= 4 is 5.91 Å². The average molecular weight is 239 g/mol. The van der Waals surface area contributed by atoms with Crippen molar-refractivity contribution in [1.29, 1.82) is 5.26 Å². The van der Waals surface area contributed by atoms with E-state index in [1.165, 1.54) is 0 Å². The number of aliphatic hydroxyl groups is 1.